The van der Waals surface area contributed by atoms with Gasteiger partial charge in [0.15, 0.2) is 0 Å². The molecule has 0 aromatic heterocycles. The standard InChI is InChI=1S/C10H15N3O/c1-3-13(10(11)12-14)9-6-4-8(2)5-7-9/h4-7,14H,3H2,1-2H3,(H2,11,12). The predicted molar refractivity (Wildman–Crippen MR) is 57.6 cm³/mol. The summed E-state index contributed by atoms with van der Waals surface area (Å²) in [7, 11) is 0. The second-order valence-electron chi connectivity index (χ2n) is 3.04. The molecule has 0 bridgehead atoms. The zero-order valence-electron chi connectivity index (χ0n) is 8.44. The van der Waals surface area contributed by atoms with Crippen molar-refractivity contribution in [3.05, 3.63) is 29.8 Å². The lowest BCUT2D eigenvalue weighted by Crippen LogP contribution is -2.37. The highest BCUT2D eigenvalue weighted by molar-refractivity contribution is 5.94. The number of hydrogen-bond donors (Lipinski definition) is 2. The molecule has 4 heteroatoms. The van der Waals surface area contributed by atoms with Crippen molar-refractivity contribution in [3.8, 4) is 0 Å². The lowest BCUT2D eigenvalue weighted by molar-refractivity contribution is 0.317. The van der Waals surface area contributed by atoms with Crippen molar-refractivity contribution in [1.82, 2.24) is 0 Å². The highest BCUT2D eigenvalue weighted by Crippen LogP contribution is 2.14. The number of guanidine groups is 1. The SMILES string of the molecule is CCN(/C(N)=N/O)c1ccc(C)cc1. The molecule has 0 heterocycles. The fourth-order valence-corrected chi connectivity index (χ4v) is 1.26. The molecular formula is C10H15N3O. The summed E-state index contributed by atoms with van der Waals surface area (Å²) in [6, 6.07) is 7.86. The van der Waals surface area contributed by atoms with Crippen LogP contribution < -0.4 is 10.6 Å². The molecule has 76 valence electrons. The van der Waals surface area contributed by atoms with E-state index in [9.17, 15) is 0 Å². The van der Waals surface area contributed by atoms with Crippen molar-refractivity contribution >= 4 is 11.6 Å². The molecule has 1 rings (SSSR count). The van der Waals surface area contributed by atoms with Gasteiger partial charge in [0.25, 0.3) is 0 Å². The molecule has 0 aliphatic rings. The maximum atomic E-state index is 8.57. The smallest absolute Gasteiger partial charge is 0.237 e. The van der Waals surface area contributed by atoms with Gasteiger partial charge in [0.05, 0.1) is 0 Å². The summed E-state index contributed by atoms with van der Waals surface area (Å²) in [5, 5.41) is 11.6. The molecule has 14 heavy (non-hydrogen) atoms. The maximum Gasteiger partial charge on any atom is 0.237 e. The Balaban J connectivity index is 2.95. The van der Waals surface area contributed by atoms with E-state index in [1.165, 1.54) is 5.56 Å². The van der Waals surface area contributed by atoms with Gasteiger partial charge in [-0.15, -0.1) is 0 Å². The van der Waals surface area contributed by atoms with Crippen molar-refractivity contribution in [2.45, 2.75) is 13.8 Å². The number of benzene rings is 1. The lowest BCUT2D eigenvalue weighted by Gasteiger charge is -2.20. The molecule has 0 aliphatic heterocycles. The van der Waals surface area contributed by atoms with Crippen LogP contribution in [0.4, 0.5) is 5.69 Å². The monoisotopic (exact) mass is 193 g/mol. The van der Waals surface area contributed by atoms with Gasteiger partial charge in [0.2, 0.25) is 5.96 Å². The molecule has 1 aromatic carbocycles. The summed E-state index contributed by atoms with van der Waals surface area (Å²) in [6.07, 6.45) is 0. The van der Waals surface area contributed by atoms with E-state index in [-0.39, 0.29) is 5.96 Å². The van der Waals surface area contributed by atoms with E-state index in [0.29, 0.717) is 6.54 Å². The first-order valence-electron chi connectivity index (χ1n) is 4.50. The van der Waals surface area contributed by atoms with Crippen molar-refractivity contribution in [1.29, 1.82) is 0 Å². The quantitative estimate of drug-likeness (QED) is 0.324. The van der Waals surface area contributed by atoms with Crippen LogP contribution in [-0.2, 0) is 0 Å². The number of anilines is 1. The van der Waals surface area contributed by atoms with Gasteiger partial charge in [0.1, 0.15) is 0 Å². The van der Waals surface area contributed by atoms with Gasteiger partial charge in [-0.3, -0.25) is 0 Å². The first-order valence-corrected chi connectivity index (χ1v) is 4.50. The van der Waals surface area contributed by atoms with E-state index >= 15 is 0 Å². The second-order valence-corrected chi connectivity index (χ2v) is 3.04. The van der Waals surface area contributed by atoms with Gasteiger partial charge in [0, 0.05) is 12.2 Å². The van der Waals surface area contributed by atoms with Gasteiger partial charge in [-0.1, -0.05) is 22.9 Å². The fraction of sp³-hybridized carbons (Fsp3) is 0.300. The number of oxime groups is 1. The minimum atomic E-state index is 0.108. The Hall–Kier alpha value is -1.71. The molecular weight excluding hydrogens is 178 g/mol. The molecule has 0 spiro atoms. The highest BCUT2D eigenvalue weighted by Gasteiger charge is 2.07. The largest absolute Gasteiger partial charge is 0.408 e. The average Bonchev–Trinajstić information content (AvgIpc) is 2.21. The summed E-state index contributed by atoms with van der Waals surface area (Å²) in [5.41, 5.74) is 7.63. The molecule has 0 fully saturated rings. The second kappa shape index (κ2) is 4.50. The van der Waals surface area contributed by atoms with Crippen molar-refractivity contribution < 1.29 is 5.21 Å². The van der Waals surface area contributed by atoms with Crippen LogP contribution in [0.3, 0.4) is 0 Å². The average molecular weight is 193 g/mol. The molecule has 1 aromatic rings. The van der Waals surface area contributed by atoms with Crippen LogP contribution in [0.1, 0.15) is 12.5 Å². The third-order valence-corrected chi connectivity index (χ3v) is 2.04. The number of nitrogens with two attached hydrogens (primary N) is 1. The molecule has 0 saturated heterocycles. The lowest BCUT2D eigenvalue weighted by atomic mass is 10.2. The van der Waals surface area contributed by atoms with Gasteiger partial charge in [-0.05, 0) is 26.0 Å². The van der Waals surface area contributed by atoms with Gasteiger partial charge in [-0.2, -0.15) is 0 Å². The minimum Gasteiger partial charge on any atom is -0.408 e. The van der Waals surface area contributed by atoms with Crippen LogP contribution in [-0.4, -0.2) is 17.7 Å². The van der Waals surface area contributed by atoms with Crippen molar-refractivity contribution in [3.63, 3.8) is 0 Å². The molecule has 0 amide bonds. The van der Waals surface area contributed by atoms with Crippen LogP contribution >= 0.6 is 0 Å². The number of nitrogens with zero attached hydrogens (tertiary/aromatic N) is 2. The summed E-state index contributed by atoms with van der Waals surface area (Å²) in [6.45, 7) is 4.63. The molecule has 0 unspecified atom stereocenters. The Morgan fingerprint density at radius 1 is 1.43 bits per heavy atom. The normalized spacial score (nSPS) is 11.4. The Morgan fingerprint density at radius 3 is 2.43 bits per heavy atom. The number of aryl methyl sites for hydroxylation is 1. The zero-order valence-corrected chi connectivity index (χ0v) is 8.44. The van der Waals surface area contributed by atoms with Gasteiger partial charge >= 0.3 is 0 Å². The van der Waals surface area contributed by atoms with E-state index in [4.69, 9.17) is 10.9 Å². The number of rotatable bonds is 2. The van der Waals surface area contributed by atoms with Crippen LogP contribution in [0.15, 0.2) is 29.4 Å². The molecule has 4 nitrogen and oxygen atoms in total. The summed E-state index contributed by atoms with van der Waals surface area (Å²) in [4.78, 5) is 1.72. The maximum absolute atomic E-state index is 8.57. The topological polar surface area (TPSA) is 61.8 Å². The van der Waals surface area contributed by atoms with E-state index in [0.717, 1.165) is 5.69 Å². The predicted octanol–water partition coefficient (Wildman–Crippen LogP) is 1.53. The van der Waals surface area contributed by atoms with Crippen LogP contribution in [0.2, 0.25) is 0 Å². The van der Waals surface area contributed by atoms with Gasteiger partial charge in [-0.25, -0.2) is 0 Å². The van der Waals surface area contributed by atoms with Crippen LogP contribution in [0, 0.1) is 6.92 Å². The zero-order chi connectivity index (χ0) is 10.6. The Morgan fingerprint density at radius 2 is 2.00 bits per heavy atom. The van der Waals surface area contributed by atoms with Crippen LogP contribution in [0.25, 0.3) is 0 Å². The van der Waals surface area contributed by atoms with E-state index < -0.39 is 0 Å². The molecule has 0 radical (unpaired) electrons. The molecule has 0 aliphatic carbocycles. The minimum absolute atomic E-state index is 0.108. The summed E-state index contributed by atoms with van der Waals surface area (Å²) < 4.78 is 0. The van der Waals surface area contributed by atoms with Gasteiger partial charge < -0.3 is 15.8 Å². The summed E-state index contributed by atoms with van der Waals surface area (Å²) in [5.74, 6) is 0.108. The first-order chi connectivity index (χ1) is 6.69. The molecule has 3 N–H and O–H groups in total. The van der Waals surface area contributed by atoms with Crippen molar-refractivity contribution in [2.75, 3.05) is 11.4 Å². The Kier molecular flexibility index (Phi) is 3.34. The Bertz CT molecular complexity index is 319. The summed E-state index contributed by atoms with van der Waals surface area (Å²) >= 11 is 0. The highest BCUT2D eigenvalue weighted by atomic mass is 16.4. The first kappa shape index (κ1) is 10.4. The third kappa shape index (κ3) is 2.16. The van der Waals surface area contributed by atoms with Crippen LogP contribution in [0.5, 0.6) is 0 Å². The van der Waals surface area contributed by atoms with E-state index in [1.54, 1.807) is 4.90 Å². The van der Waals surface area contributed by atoms with E-state index in [1.807, 2.05) is 38.1 Å². The van der Waals surface area contributed by atoms with E-state index in [2.05, 4.69) is 5.16 Å². The molecule has 0 saturated carbocycles. The third-order valence-electron chi connectivity index (χ3n) is 2.04. The molecule has 0 atom stereocenters. The Labute approximate surface area is 83.6 Å². The van der Waals surface area contributed by atoms with Crippen molar-refractivity contribution in [2.24, 2.45) is 10.9 Å². The number of hydrogen-bond acceptors (Lipinski definition) is 2. The fourth-order valence-electron chi connectivity index (χ4n) is 1.26.